The summed E-state index contributed by atoms with van der Waals surface area (Å²) < 4.78 is 28.7. The van der Waals surface area contributed by atoms with Crippen LogP contribution in [0.25, 0.3) is 0 Å². The highest BCUT2D eigenvalue weighted by molar-refractivity contribution is 7.89. The smallest absolute Gasteiger partial charge is 0.339 e. The van der Waals surface area contributed by atoms with Gasteiger partial charge in [-0.25, -0.2) is 13.2 Å². The second-order valence-corrected chi connectivity index (χ2v) is 9.49. The van der Waals surface area contributed by atoms with Gasteiger partial charge in [-0.1, -0.05) is 42.5 Å². The Hall–Kier alpha value is -2.67. The Morgan fingerprint density at radius 3 is 2.34 bits per heavy atom. The van der Waals surface area contributed by atoms with Crippen molar-refractivity contribution < 1.29 is 22.7 Å². The van der Waals surface area contributed by atoms with Gasteiger partial charge in [-0.3, -0.25) is 4.79 Å². The maximum Gasteiger partial charge on any atom is 0.339 e. The minimum absolute atomic E-state index is 0.164. The zero-order chi connectivity index (χ0) is 20.9. The van der Waals surface area contributed by atoms with E-state index in [1.54, 1.807) is 47.4 Å². The molecule has 0 N–H and O–H groups in total. The van der Waals surface area contributed by atoms with Gasteiger partial charge in [0.1, 0.15) is 0 Å². The third kappa shape index (κ3) is 5.90. The van der Waals surface area contributed by atoms with Crippen LogP contribution in [0.2, 0.25) is 0 Å². The average Bonchev–Trinajstić information content (AvgIpc) is 2.71. The van der Waals surface area contributed by atoms with E-state index in [9.17, 15) is 18.0 Å². The van der Waals surface area contributed by atoms with Gasteiger partial charge < -0.3 is 9.64 Å². The molecule has 154 valence electrons. The first-order valence-corrected chi connectivity index (χ1v) is 11.7. The fourth-order valence-corrected chi connectivity index (χ4v) is 4.22. The molecule has 0 aromatic heterocycles. The molecule has 0 bridgehead atoms. The third-order valence-electron chi connectivity index (χ3n) is 4.81. The Labute approximate surface area is 171 Å². The number of carbonyl (C=O) groups excluding carboxylic acids is 2. The van der Waals surface area contributed by atoms with Crippen LogP contribution in [0.4, 0.5) is 0 Å². The summed E-state index contributed by atoms with van der Waals surface area (Å²) in [6.07, 6.45) is 3.08. The van der Waals surface area contributed by atoms with E-state index in [-0.39, 0.29) is 17.2 Å². The minimum Gasteiger partial charge on any atom is -0.444 e. The lowest BCUT2D eigenvalue weighted by Gasteiger charge is -2.30. The van der Waals surface area contributed by atoms with Gasteiger partial charge in [-0.2, -0.15) is 0 Å². The molecule has 0 aliphatic carbocycles. The topological polar surface area (TPSA) is 80.7 Å². The summed E-state index contributed by atoms with van der Waals surface area (Å²) in [6.45, 7) is 1.31. The van der Waals surface area contributed by atoms with Crippen LogP contribution < -0.4 is 0 Å². The van der Waals surface area contributed by atoms with E-state index in [1.165, 1.54) is 6.07 Å². The summed E-state index contributed by atoms with van der Waals surface area (Å²) in [5.74, 6) is -1.04. The SMILES string of the molecule is CS(=O)(=O)Cc1cccc(C(=O)OC(C(=O)N2CCCCC2)c2ccccc2)c1. The van der Waals surface area contributed by atoms with Gasteiger partial charge in [0.15, 0.2) is 9.84 Å². The quantitative estimate of drug-likeness (QED) is 0.677. The van der Waals surface area contributed by atoms with Crippen LogP contribution in [0.5, 0.6) is 0 Å². The molecule has 2 aromatic carbocycles. The summed E-state index contributed by atoms with van der Waals surface area (Å²) in [5.41, 5.74) is 1.34. The molecule has 7 heteroatoms. The van der Waals surface area contributed by atoms with Crippen molar-refractivity contribution in [2.75, 3.05) is 19.3 Å². The predicted molar refractivity (Wildman–Crippen MR) is 110 cm³/mol. The van der Waals surface area contributed by atoms with Gasteiger partial charge >= 0.3 is 5.97 Å². The molecule has 1 amide bonds. The molecule has 1 atom stereocenters. The van der Waals surface area contributed by atoms with Gasteiger partial charge in [0, 0.05) is 24.9 Å². The molecular formula is C22H25NO5S. The Morgan fingerprint density at radius 2 is 1.69 bits per heavy atom. The number of hydrogen-bond donors (Lipinski definition) is 0. The maximum absolute atomic E-state index is 13.1. The number of likely N-dealkylation sites (tertiary alicyclic amines) is 1. The van der Waals surface area contributed by atoms with E-state index in [0.717, 1.165) is 25.5 Å². The number of hydrogen-bond acceptors (Lipinski definition) is 5. The highest BCUT2D eigenvalue weighted by Gasteiger charge is 2.30. The predicted octanol–water partition coefficient (Wildman–Crippen LogP) is 3.14. The molecule has 29 heavy (non-hydrogen) atoms. The summed E-state index contributed by atoms with van der Waals surface area (Å²) in [4.78, 5) is 27.6. The summed E-state index contributed by atoms with van der Waals surface area (Å²) >= 11 is 0. The monoisotopic (exact) mass is 415 g/mol. The van der Waals surface area contributed by atoms with E-state index in [4.69, 9.17) is 4.74 Å². The average molecular weight is 416 g/mol. The number of carbonyl (C=O) groups is 2. The van der Waals surface area contributed by atoms with Crippen LogP contribution in [0.15, 0.2) is 54.6 Å². The Bertz CT molecular complexity index is 966. The van der Waals surface area contributed by atoms with Crippen LogP contribution in [-0.2, 0) is 25.1 Å². The third-order valence-corrected chi connectivity index (χ3v) is 5.67. The number of benzene rings is 2. The van der Waals surface area contributed by atoms with E-state index in [2.05, 4.69) is 0 Å². The molecule has 1 aliphatic heterocycles. The second-order valence-electron chi connectivity index (χ2n) is 7.35. The lowest BCUT2D eigenvalue weighted by molar-refractivity contribution is -0.142. The van der Waals surface area contributed by atoms with Gasteiger partial charge in [0.2, 0.25) is 6.10 Å². The van der Waals surface area contributed by atoms with Crippen LogP contribution in [0.3, 0.4) is 0 Å². The number of ether oxygens (including phenoxy) is 1. The summed E-state index contributed by atoms with van der Waals surface area (Å²) in [7, 11) is -3.23. The van der Waals surface area contributed by atoms with E-state index in [1.807, 2.05) is 6.07 Å². The van der Waals surface area contributed by atoms with Crippen molar-refractivity contribution in [3.63, 3.8) is 0 Å². The van der Waals surface area contributed by atoms with Crippen LogP contribution in [-0.4, -0.2) is 44.5 Å². The fraction of sp³-hybridized carbons (Fsp3) is 0.364. The van der Waals surface area contributed by atoms with E-state index in [0.29, 0.717) is 24.2 Å². The van der Waals surface area contributed by atoms with Crippen molar-refractivity contribution in [1.29, 1.82) is 0 Å². The van der Waals surface area contributed by atoms with Crippen LogP contribution >= 0.6 is 0 Å². The molecule has 1 unspecified atom stereocenters. The van der Waals surface area contributed by atoms with Crippen LogP contribution in [0.1, 0.15) is 46.9 Å². The largest absolute Gasteiger partial charge is 0.444 e. The van der Waals surface area contributed by atoms with Crippen LogP contribution in [0, 0.1) is 0 Å². The Morgan fingerprint density at radius 1 is 1.00 bits per heavy atom. The number of rotatable bonds is 6. The van der Waals surface area contributed by atoms with Crippen molar-refractivity contribution in [3.05, 3.63) is 71.3 Å². The molecule has 3 rings (SSSR count). The first-order valence-electron chi connectivity index (χ1n) is 9.65. The molecule has 0 spiro atoms. The molecule has 2 aromatic rings. The number of sulfone groups is 1. The van der Waals surface area contributed by atoms with Crippen molar-refractivity contribution in [2.24, 2.45) is 0 Å². The highest BCUT2D eigenvalue weighted by Crippen LogP contribution is 2.24. The van der Waals surface area contributed by atoms with Crippen molar-refractivity contribution in [3.8, 4) is 0 Å². The first kappa shape index (κ1) is 21.0. The van der Waals surface area contributed by atoms with Gasteiger partial charge in [-0.05, 0) is 37.0 Å². The van der Waals surface area contributed by atoms with Gasteiger partial charge in [0.05, 0.1) is 11.3 Å². The maximum atomic E-state index is 13.1. The van der Waals surface area contributed by atoms with Crippen molar-refractivity contribution >= 4 is 21.7 Å². The minimum atomic E-state index is -3.23. The first-order chi connectivity index (χ1) is 13.8. The number of amides is 1. The van der Waals surface area contributed by atoms with E-state index >= 15 is 0 Å². The van der Waals surface area contributed by atoms with Crippen molar-refractivity contribution in [2.45, 2.75) is 31.1 Å². The molecule has 1 aliphatic rings. The molecule has 0 radical (unpaired) electrons. The fourth-order valence-electron chi connectivity index (χ4n) is 3.43. The molecular weight excluding hydrogens is 390 g/mol. The zero-order valence-corrected chi connectivity index (χ0v) is 17.2. The number of nitrogens with zero attached hydrogens (tertiary/aromatic N) is 1. The normalized spacial score (nSPS) is 15.6. The van der Waals surface area contributed by atoms with E-state index < -0.39 is 21.9 Å². The lowest BCUT2D eigenvalue weighted by atomic mass is 10.1. The highest BCUT2D eigenvalue weighted by atomic mass is 32.2. The lowest BCUT2D eigenvalue weighted by Crippen LogP contribution is -2.40. The van der Waals surface area contributed by atoms with Gasteiger partial charge in [-0.15, -0.1) is 0 Å². The Balaban J connectivity index is 1.83. The zero-order valence-electron chi connectivity index (χ0n) is 16.4. The number of esters is 1. The van der Waals surface area contributed by atoms with Gasteiger partial charge in [0.25, 0.3) is 5.91 Å². The molecule has 6 nitrogen and oxygen atoms in total. The number of piperidine rings is 1. The molecule has 1 saturated heterocycles. The molecule has 1 fully saturated rings. The molecule has 1 heterocycles. The Kier molecular flexibility index (Phi) is 6.69. The standard InChI is InChI=1S/C22H25NO5S/c1-29(26,27)16-17-9-8-12-19(15-17)22(25)28-20(18-10-4-2-5-11-18)21(24)23-13-6-3-7-14-23/h2,4-5,8-12,15,20H,3,6-7,13-14,16H2,1H3. The van der Waals surface area contributed by atoms with Crippen molar-refractivity contribution in [1.82, 2.24) is 4.90 Å². The summed E-state index contributed by atoms with van der Waals surface area (Å²) in [5, 5.41) is 0. The summed E-state index contributed by atoms with van der Waals surface area (Å²) in [6, 6.07) is 15.3. The second kappa shape index (κ2) is 9.22. The molecule has 0 saturated carbocycles.